The second-order valence-corrected chi connectivity index (χ2v) is 8.49. The van der Waals surface area contributed by atoms with Gasteiger partial charge in [-0.15, -0.1) is 0 Å². The molecule has 0 bridgehead atoms. The number of rotatable bonds is 4. The van der Waals surface area contributed by atoms with Crippen molar-refractivity contribution in [3.05, 3.63) is 58.7 Å². The predicted octanol–water partition coefficient (Wildman–Crippen LogP) is 4.51. The fourth-order valence-electron chi connectivity index (χ4n) is 2.76. The van der Waals surface area contributed by atoms with Gasteiger partial charge in [-0.2, -0.15) is 10.5 Å². The summed E-state index contributed by atoms with van der Waals surface area (Å²) in [5.41, 5.74) is 2.08. The SMILES string of the molecule is CC(C)c1ccc(S(=O)(=O)c2cc(C#N)c(C(C)C)c(C#N)c2)cc1. The molecule has 0 aromatic heterocycles. The average molecular weight is 352 g/mol. The first-order chi connectivity index (χ1) is 11.7. The van der Waals surface area contributed by atoms with Crippen molar-refractivity contribution in [3.8, 4) is 12.1 Å². The van der Waals surface area contributed by atoms with Crippen LogP contribution in [0.3, 0.4) is 0 Å². The fourth-order valence-corrected chi connectivity index (χ4v) is 4.07. The van der Waals surface area contributed by atoms with Crippen molar-refractivity contribution < 1.29 is 8.42 Å². The van der Waals surface area contributed by atoms with E-state index < -0.39 is 9.84 Å². The van der Waals surface area contributed by atoms with Crippen molar-refractivity contribution in [1.82, 2.24) is 0 Å². The molecule has 0 unspecified atom stereocenters. The van der Waals surface area contributed by atoms with Crippen LogP contribution >= 0.6 is 0 Å². The van der Waals surface area contributed by atoms with E-state index in [0.717, 1.165) is 5.56 Å². The predicted molar refractivity (Wildman–Crippen MR) is 95.9 cm³/mol. The molecule has 0 aliphatic heterocycles. The van der Waals surface area contributed by atoms with E-state index in [4.69, 9.17) is 0 Å². The third kappa shape index (κ3) is 3.57. The quantitative estimate of drug-likeness (QED) is 0.810. The monoisotopic (exact) mass is 352 g/mol. The molecule has 0 aliphatic rings. The van der Waals surface area contributed by atoms with Gasteiger partial charge in [0.25, 0.3) is 0 Å². The summed E-state index contributed by atoms with van der Waals surface area (Å²) in [5, 5.41) is 18.8. The molecule has 25 heavy (non-hydrogen) atoms. The van der Waals surface area contributed by atoms with E-state index in [1.807, 2.05) is 39.8 Å². The molecule has 0 saturated heterocycles. The Morgan fingerprint density at radius 1 is 0.800 bits per heavy atom. The molecule has 0 saturated carbocycles. The molecular formula is C20H20N2O2S. The summed E-state index contributed by atoms with van der Waals surface area (Å²) in [6.45, 7) is 7.81. The lowest BCUT2D eigenvalue weighted by molar-refractivity contribution is 0.596. The van der Waals surface area contributed by atoms with Gasteiger partial charge in [-0.25, -0.2) is 8.42 Å². The van der Waals surface area contributed by atoms with E-state index in [1.165, 1.54) is 12.1 Å². The molecule has 0 N–H and O–H groups in total. The van der Waals surface area contributed by atoms with Gasteiger partial charge in [-0.3, -0.25) is 0 Å². The summed E-state index contributed by atoms with van der Waals surface area (Å²) in [6, 6.07) is 13.5. The van der Waals surface area contributed by atoms with Crippen molar-refractivity contribution in [1.29, 1.82) is 10.5 Å². The van der Waals surface area contributed by atoms with Crippen molar-refractivity contribution in [2.45, 2.75) is 49.3 Å². The molecule has 0 aliphatic carbocycles. The molecule has 128 valence electrons. The smallest absolute Gasteiger partial charge is 0.206 e. The number of hydrogen-bond donors (Lipinski definition) is 0. The summed E-state index contributed by atoms with van der Waals surface area (Å²) in [5.74, 6) is 0.254. The van der Waals surface area contributed by atoms with Crippen LogP contribution in [0.15, 0.2) is 46.2 Å². The molecule has 0 radical (unpaired) electrons. The Morgan fingerprint density at radius 2 is 1.28 bits per heavy atom. The maximum Gasteiger partial charge on any atom is 0.206 e. The van der Waals surface area contributed by atoms with Crippen LogP contribution in [0.2, 0.25) is 0 Å². The third-order valence-corrected chi connectivity index (χ3v) is 5.89. The van der Waals surface area contributed by atoms with Gasteiger partial charge in [0, 0.05) is 0 Å². The van der Waals surface area contributed by atoms with Gasteiger partial charge in [0.05, 0.1) is 33.1 Å². The lowest BCUT2D eigenvalue weighted by Gasteiger charge is -2.13. The van der Waals surface area contributed by atoms with Crippen LogP contribution in [-0.2, 0) is 9.84 Å². The number of benzene rings is 2. The van der Waals surface area contributed by atoms with Gasteiger partial charge in [-0.1, -0.05) is 39.8 Å². The molecule has 0 heterocycles. The van der Waals surface area contributed by atoms with Crippen LogP contribution < -0.4 is 0 Å². The Labute approximate surface area is 149 Å². The van der Waals surface area contributed by atoms with E-state index in [0.29, 0.717) is 11.5 Å². The van der Waals surface area contributed by atoms with Gasteiger partial charge >= 0.3 is 0 Å². The van der Waals surface area contributed by atoms with E-state index >= 15 is 0 Å². The van der Waals surface area contributed by atoms with E-state index in [2.05, 4.69) is 0 Å². The summed E-state index contributed by atoms with van der Waals surface area (Å²) in [6.07, 6.45) is 0. The Hall–Kier alpha value is -2.63. The molecule has 0 atom stereocenters. The van der Waals surface area contributed by atoms with Crippen LogP contribution in [0.5, 0.6) is 0 Å². The van der Waals surface area contributed by atoms with Gasteiger partial charge < -0.3 is 0 Å². The van der Waals surface area contributed by atoms with Crippen molar-refractivity contribution in [2.24, 2.45) is 0 Å². The minimum absolute atomic E-state index is 0.0257. The standard InChI is InChI=1S/C20H20N2O2S/c1-13(2)15-5-7-18(8-6-15)25(23,24)19-9-16(11-21)20(14(3)4)17(10-19)12-22/h5-10,13-14H,1-4H3. The second-order valence-electron chi connectivity index (χ2n) is 6.54. The Bertz CT molecular complexity index is 939. The minimum Gasteiger partial charge on any atom is -0.219 e. The highest BCUT2D eigenvalue weighted by Crippen LogP contribution is 2.30. The van der Waals surface area contributed by atoms with Gasteiger partial charge in [-0.05, 0) is 47.2 Å². The highest BCUT2D eigenvalue weighted by Gasteiger charge is 2.23. The molecule has 0 fully saturated rings. The minimum atomic E-state index is -3.79. The molecule has 0 amide bonds. The molecule has 4 nitrogen and oxygen atoms in total. The zero-order valence-electron chi connectivity index (χ0n) is 14.7. The van der Waals surface area contributed by atoms with E-state index in [9.17, 15) is 18.9 Å². The van der Waals surface area contributed by atoms with Gasteiger partial charge in [0.1, 0.15) is 0 Å². The average Bonchev–Trinajstić information content (AvgIpc) is 2.60. The Balaban J connectivity index is 2.64. The summed E-state index contributed by atoms with van der Waals surface area (Å²) in [7, 11) is -3.79. The van der Waals surface area contributed by atoms with Crippen LogP contribution in [0, 0.1) is 22.7 Å². The van der Waals surface area contributed by atoms with Gasteiger partial charge in [0.2, 0.25) is 9.84 Å². The van der Waals surface area contributed by atoms with Gasteiger partial charge in [0.15, 0.2) is 0 Å². The van der Waals surface area contributed by atoms with E-state index in [-0.39, 0.29) is 26.8 Å². The van der Waals surface area contributed by atoms with Crippen molar-refractivity contribution >= 4 is 9.84 Å². The number of nitrogens with zero attached hydrogens (tertiary/aromatic N) is 2. The molecule has 0 spiro atoms. The van der Waals surface area contributed by atoms with Crippen molar-refractivity contribution in [2.75, 3.05) is 0 Å². The zero-order chi connectivity index (χ0) is 18.8. The van der Waals surface area contributed by atoms with Crippen LogP contribution in [-0.4, -0.2) is 8.42 Å². The first kappa shape index (κ1) is 18.7. The highest BCUT2D eigenvalue weighted by molar-refractivity contribution is 7.91. The highest BCUT2D eigenvalue weighted by atomic mass is 32.2. The first-order valence-corrected chi connectivity index (χ1v) is 9.53. The fraction of sp³-hybridized carbons (Fsp3) is 0.300. The molecular weight excluding hydrogens is 332 g/mol. The maximum atomic E-state index is 12.9. The van der Waals surface area contributed by atoms with E-state index in [1.54, 1.807) is 24.3 Å². The van der Waals surface area contributed by atoms with Crippen LogP contribution in [0.4, 0.5) is 0 Å². The van der Waals surface area contributed by atoms with Crippen LogP contribution in [0.25, 0.3) is 0 Å². The normalized spacial score (nSPS) is 11.4. The molecule has 2 aromatic carbocycles. The Morgan fingerprint density at radius 3 is 1.64 bits per heavy atom. The molecule has 2 rings (SSSR count). The number of nitriles is 2. The largest absolute Gasteiger partial charge is 0.219 e. The maximum absolute atomic E-state index is 12.9. The lowest BCUT2D eigenvalue weighted by atomic mass is 9.93. The lowest BCUT2D eigenvalue weighted by Crippen LogP contribution is -2.06. The van der Waals surface area contributed by atoms with Crippen molar-refractivity contribution in [3.63, 3.8) is 0 Å². The number of sulfone groups is 1. The number of hydrogen-bond acceptors (Lipinski definition) is 4. The topological polar surface area (TPSA) is 81.7 Å². The summed E-state index contributed by atoms with van der Waals surface area (Å²) >= 11 is 0. The third-order valence-electron chi connectivity index (χ3n) is 4.14. The second kappa shape index (κ2) is 7.09. The Kier molecular flexibility index (Phi) is 5.30. The molecule has 2 aromatic rings. The molecule has 5 heteroatoms. The zero-order valence-corrected chi connectivity index (χ0v) is 15.6. The summed E-state index contributed by atoms with van der Waals surface area (Å²) < 4.78 is 25.8. The summed E-state index contributed by atoms with van der Waals surface area (Å²) in [4.78, 5) is 0.129. The first-order valence-electron chi connectivity index (χ1n) is 8.05. The van der Waals surface area contributed by atoms with Crippen LogP contribution in [0.1, 0.15) is 61.8 Å².